The molecule has 3 aromatic carbocycles. The van der Waals surface area contributed by atoms with Gasteiger partial charge in [-0.3, -0.25) is 9.59 Å². The second kappa shape index (κ2) is 7.85. The number of aromatic nitrogens is 1. The fourth-order valence-electron chi connectivity index (χ4n) is 4.09. The number of aryl methyl sites for hydroxylation is 2. The molecule has 0 aliphatic heterocycles. The van der Waals surface area contributed by atoms with Gasteiger partial charge in [-0.05, 0) is 49.2 Å². The minimum Gasteiger partial charge on any atom is -0.463 e. The molecule has 0 saturated carbocycles. The average Bonchev–Trinajstić information content (AvgIpc) is 3.17. The fraction of sp³-hybridized carbons (Fsp3) is 0.111. The lowest BCUT2D eigenvalue weighted by molar-refractivity contribution is -0.111. The summed E-state index contributed by atoms with van der Waals surface area (Å²) >= 11 is 0. The molecule has 2 heterocycles. The number of H-pyrrole nitrogens is 1. The lowest BCUT2D eigenvalue weighted by atomic mass is 10.1. The Morgan fingerprint density at radius 2 is 1.94 bits per heavy atom. The van der Waals surface area contributed by atoms with Gasteiger partial charge in [-0.15, -0.1) is 0 Å². The normalized spacial score (nSPS) is 11.7. The van der Waals surface area contributed by atoms with Crippen LogP contribution in [0.1, 0.15) is 23.6 Å². The molecule has 5 heteroatoms. The lowest BCUT2D eigenvalue weighted by Gasteiger charge is -2.03. The van der Waals surface area contributed by atoms with E-state index in [9.17, 15) is 9.59 Å². The number of fused-ring (bicyclic) bond motifs is 4. The third-order valence-corrected chi connectivity index (χ3v) is 5.74. The van der Waals surface area contributed by atoms with Crippen LogP contribution in [-0.2, 0) is 11.2 Å². The van der Waals surface area contributed by atoms with Gasteiger partial charge >= 0.3 is 0 Å². The zero-order chi connectivity index (χ0) is 22.2. The summed E-state index contributed by atoms with van der Waals surface area (Å²) in [5, 5.41) is 5.66. The van der Waals surface area contributed by atoms with Gasteiger partial charge in [0.05, 0.1) is 10.9 Å². The first-order valence-corrected chi connectivity index (χ1v) is 10.6. The number of anilines is 1. The summed E-state index contributed by atoms with van der Waals surface area (Å²) < 4.78 is 5.54. The van der Waals surface area contributed by atoms with Crippen LogP contribution in [0.25, 0.3) is 38.9 Å². The molecule has 0 atom stereocenters. The summed E-state index contributed by atoms with van der Waals surface area (Å²) in [6.45, 7) is 4.05. The summed E-state index contributed by atoms with van der Waals surface area (Å²) in [5.74, 6) is -0.321. The van der Waals surface area contributed by atoms with Crippen molar-refractivity contribution in [3.05, 3.63) is 93.9 Å². The highest BCUT2D eigenvalue weighted by Crippen LogP contribution is 2.29. The van der Waals surface area contributed by atoms with Crippen LogP contribution < -0.4 is 10.7 Å². The molecule has 1 amide bonds. The van der Waals surface area contributed by atoms with E-state index in [-0.39, 0.29) is 11.3 Å². The number of benzene rings is 3. The van der Waals surface area contributed by atoms with Crippen molar-refractivity contribution in [1.82, 2.24) is 4.98 Å². The van der Waals surface area contributed by atoms with E-state index in [1.807, 2.05) is 31.2 Å². The quantitative estimate of drug-likeness (QED) is 0.351. The summed E-state index contributed by atoms with van der Waals surface area (Å²) in [6, 6.07) is 17.6. The van der Waals surface area contributed by atoms with E-state index >= 15 is 0 Å². The highest BCUT2D eigenvalue weighted by Gasteiger charge is 2.09. The predicted octanol–water partition coefficient (Wildman–Crippen LogP) is 5.95. The molecule has 0 unspecified atom stereocenters. The third kappa shape index (κ3) is 3.48. The van der Waals surface area contributed by atoms with Gasteiger partial charge in [0.1, 0.15) is 11.8 Å². The summed E-state index contributed by atoms with van der Waals surface area (Å²) in [6.07, 6.45) is 5.16. The van der Waals surface area contributed by atoms with E-state index in [4.69, 9.17) is 4.42 Å². The molecule has 0 aliphatic carbocycles. The number of hydrogen-bond acceptors (Lipinski definition) is 3. The van der Waals surface area contributed by atoms with Crippen molar-refractivity contribution < 1.29 is 9.21 Å². The highest BCUT2D eigenvalue weighted by molar-refractivity contribution is 6.10. The van der Waals surface area contributed by atoms with Crippen LogP contribution in [0.5, 0.6) is 0 Å². The Kier molecular flexibility index (Phi) is 4.86. The Hall–Kier alpha value is -4.12. The van der Waals surface area contributed by atoms with Crippen molar-refractivity contribution in [3.63, 3.8) is 0 Å². The van der Waals surface area contributed by atoms with Crippen LogP contribution in [0, 0.1) is 6.92 Å². The van der Waals surface area contributed by atoms with Crippen molar-refractivity contribution in [2.24, 2.45) is 0 Å². The summed E-state index contributed by atoms with van der Waals surface area (Å²) in [7, 11) is 0. The molecule has 0 bridgehead atoms. The summed E-state index contributed by atoms with van der Waals surface area (Å²) in [5.41, 5.74) is 5.71. The first kappa shape index (κ1) is 19.8. The number of rotatable bonds is 4. The van der Waals surface area contributed by atoms with Crippen molar-refractivity contribution in [3.8, 4) is 0 Å². The Bertz CT molecular complexity index is 1590. The Labute approximate surface area is 184 Å². The van der Waals surface area contributed by atoms with Crippen LogP contribution in [0.2, 0.25) is 0 Å². The fourth-order valence-corrected chi connectivity index (χ4v) is 4.09. The molecule has 2 aromatic heterocycles. The van der Waals surface area contributed by atoms with Crippen molar-refractivity contribution in [2.75, 3.05) is 5.32 Å². The maximum atomic E-state index is 12.7. The minimum atomic E-state index is -0.321. The van der Waals surface area contributed by atoms with E-state index in [1.54, 1.807) is 12.1 Å². The lowest BCUT2D eigenvalue weighted by Crippen LogP contribution is -2.09. The van der Waals surface area contributed by atoms with Crippen LogP contribution in [-0.4, -0.2) is 10.9 Å². The van der Waals surface area contributed by atoms with Crippen LogP contribution in [0.15, 0.2) is 76.1 Å². The number of carbonyl (C=O) groups is 1. The first-order chi connectivity index (χ1) is 15.5. The molecule has 5 aromatic rings. The van der Waals surface area contributed by atoms with Crippen LogP contribution in [0.4, 0.5) is 5.69 Å². The van der Waals surface area contributed by atoms with Crippen LogP contribution in [0.3, 0.4) is 0 Å². The minimum absolute atomic E-state index is 0.162. The molecule has 158 valence electrons. The molecular weight excluding hydrogens is 400 g/mol. The van der Waals surface area contributed by atoms with Crippen LogP contribution >= 0.6 is 0 Å². The van der Waals surface area contributed by atoms with Gasteiger partial charge in [-0.25, -0.2) is 0 Å². The zero-order valence-corrected chi connectivity index (χ0v) is 17.9. The number of hydrogen-bond donors (Lipinski definition) is 2. The van der Waals surface area contributed by atoms with E-state index in [2.05, 4.69) is 35.4 Å². The van der Waals surface area contributed by atoms with E-state index in [0.717, 1.165) is 28.4 Å². The SMILES string of the molecule is CCc1cccc2c1[nH]c1cc(NC(=O)/C=C/c3coc4ccc(C)cc4c3=O)ccc12. The average molecular weight is 422 g/mol. The predicted molar refractivity (Wildman–Crippen MR) is 130 cm³/mol. The van der Waals surface area contributed by atoms with Gasteiger partial charge in [-0.1, -0.05) is 42.8 Å². The van der Waals surface area contributed by atoms with E-state index < -0.39 is 0 Å². The molecule has 0 saturated heterocycles. The van der Waals surface area contributed by atoms with E-state index in [0.29, 0.717) is 22.2 Å². The van der Waals surface area contributed by atoms with E-state index in [1.165, 1.54) is 29.4 Å². The monoisotopic (exact) mass is 422 g/mol. The number of carbonyl (C=O) groups excluding carboxylic acids is 1. The second-order valence-electron chi connectivity index (χ2n) is 7.92. The Morgan fingerprint density at radius 1 is 1.06 bits per heavy atom. The molecule has 5 nitrogen and oxygen atoms in total. The smallest absolute Gasteiger partial charge is 0.248 e. The van der Waals surface area contributed by atoms with Gasteiger partial charge in [-0.2, -0.15) is 0 Å². The van der Waals surface area contributed by atoms with Gasteiger partial charge < -0.3 is 14.7 Å². The molecule has 0 radical (unpaired) electrons. The molecule has 0 aliphatic rings. The number of amides is 1. The van der Waals surface area contributed by atoms with Gasteiger partial charge in [0, 0.05) is 33.6 Å². The molecule has 0 fully saturated rings. The number of para-hydroxylation sites is 1. The molecule has 32 heavy (non-hydrogen) atoms. The molecule has 2 N–H and O–H groups in total. The third-order valence-electron chi connectivity index (χ3n) is 5.74. The Morgan fingerprint density at radius 3 is 2.78 bits per heavy atom. The molecule has 0 spiro atoms. The summed E-state index contributed by atoms with van der Waals surface area (Å²) in [4.78, 5) is 28.6. The number of nitrogens with one attached hydrogen (secondary N) is 2. The van der Waals surface area contributed by atoms with Crippen molar-refractivity contribution in [1.29, 1.82) is 0 Å². The van der Waals surface area contributed by atoms with Gasteiger partial charge in [0.2, 0.25) is 5.91 Å². The molecule has 5 rings (SSSR count). The maximum absolute atomic E-state index is 12.7. The largest absolute Gasteiger partial charge is 0.463 e. The topological polar surface area (TPSA) is 75.1 Å². The zero-order valence-electron chi connectivity index (χ0n) is 17.9. The van der Waals surface area contributed by atoms with Crippen molar-refractivity contribution >= 4 is 50.4 Å². The second-order valence-corrected chi connectivity index (χ2v) is 7.92. The van der Waals surface area contributed by atoms with Gasteiger partial charge in [0.15, 0.2) is 5.43 Å². The Balaban J connectivity index is 1.41. The molecular formula is C27H22N2O3. The highest BCUT2D eigenvalue weighted by atomic mass is 16.3. The maximum Gasteiger partial charge on any atom is 0.248 e. The van der Waals surface area contributed by atoms with Gasteiger partial charge in [0.25, 0.3) is 0 Å². The standard InChI is InChI=1S/C27H22N2O3/c1-3-17-5-4-6-21-20-10-9-19(14-23(20)29-26(17)21)28-25(30)12-8-18-15-32-24-11-7-16(2)13-22(24)27(18)31/h4-15,29H,3H2,1-2H3,(H,28,30)/b12-8+. The number of aromatic amines is 1. The first-order valence-electron chi connectivity index (χ1n) is 10.6. The van der Waals surface area contributed by atoms with Crippen molar-refractivity contribution in [2.45, 2.75) is 20.3 Å².